The second-order valence-electron chi connectivity index (χ2n) is 6.87. The number of hydrogen-bond donors (Lipinski definition) is 1. The number of carbonyl (C=O) groups is 1. The van der Waals surface area contributed by atoms with Gasteiger partial charge in [0.25, 0.3) is 5.56 Å². The van der Waals surface area contributed by atoms with E-state index in [1.165, 1.54) is 17.8 Å². The van der Waals surface area contributed by atoms with E-state index in [2.05, 4.69) is 17.2 Å². The number of carbonyl (C=O) groups excluding carboxylic acids is 1. The third-order valence-corrected chi connectivity index (χ3v) is 5.60. The highest BCUT2D eigenvalue weighted by Crippen LogP contribution is 2.18. The number of nitrogens with zero attached hydrogens (tertiary/aromatic N) is 2. The van der Waals surface area contributed by atoms with Gasteiger partial charge in [-0.15, -0.1) is 0 Å². The van der Waals surface area contributed by atoms with Crippen LogP contribution in [0.1, 0.15) is 30.9 Å². The van der Waals surface area contributed by atoms with Crippen LogP contribution in [0.2, 0.25) is 0 Å². The maximum Gasteiger partial charge on any atom is 0.262 e. The fourth-order valence-electron chi connectivity index (χ4n) is 2.90. The lowest BCUT2D eigenvalue weighted by Gasteiger charge is -2.13. The molecule has 3 rings (SSSR count). The standard InChI is InChI=1S/C22H24FN3O2S/c1-3-4-11-26-21(28)17-7-5-6-8-19(17)25-22(26)29-14-20(27)24-13-16-10-9-15(2)18(23)12-16/h5-10,12H,3-4,11,13-14H2,1-2H3,(H,24,27). The number of rotatable bonds is 8. The first-order valence-corrected chi connectivity index (χ1v) is 10.6. The molecule has 1 aromatic heterocycles. The van der Waals surface area contributed by atoms with Gasteiger partial charge in [-0.3, -0.25) is 14.2 Å². The van der Waals surface area contributed by atoms with Crippen LogP contribution in [0.3, 0.4) is 0 Å². The number of para-hydroxylation sites is 1. The van der Waals surface area contributed by atoms with Crippen LogP contribution >= 0.6 is 11.8 Å². The molecule has 0 spiro atoms. The van der Waals surface area contributed by atoms with Gasteiger partial charge in [0.15, 0.2) is 5.16 Å². The first kappa shape index (κ1) is 21.0. The number of nitrogens with one attached hydrogen (secondary N) is 1. The lowest BCUT2D eigenvalue weighted by Crippen LogP contribution is -2.27. The minimum atomic E-state index is -0.286. The molecule has 0 fully saturated rings. The van der Waals surface area contributed by atoms with E-state index in [0.29, 0.717) is 33.7 Å². The van der Waals surface area contributed by atoms with Crippen molar-refractivity contribution in [3.63, 3.8) is 0 Å². The van der Waals surface area contributed by atoms with Crippen molar-refractivity contribution in [2.45, 2.75) is 44.9 Å². The van der Waals surface area contributed by atoms with Crippen molar-refractivity contribution < 1.29 is 9.18 Å². The number of unbranched alkanes of at least 4 members (excludes halogenated alkanes) is 1. The third-order valence-electron chi connectivity index (χ3n) is 4.62. The van der Waals surface area contributed by atoms with E-state index in [9.17, 15) is 14.0 Å². The molecule has 0 aliphatic heterocycles. The quantitative estimate of drug-likeness (QED) is 0.447. The van der Waals surface area contributed by atoms with E-state index in [4.69, 9.17) is 0 Å². The Hall–Kier alpha value is -2.67. The normalized spacial score (nSPS) is 11.0. The van der Waals surface area contributed by atoms with Crippen molar-refractivity contribution in [1.29, 1.82) is 0 Å². The third kappa shape index (κ3) is 5.23. The Balaban J connectivity index is 1.70. The largest absolute Gasteiger partial charge is 0.351 e. The van der Waals surface area contributed by atoms with Crippen molar-refractivity contribution in [2.75, 3.05) is 5.75 Å². The molecule has 0 aliphatic carbocycles. The van der Waals surface area contributed by atoms with Crippen LogP contribution in [0, 0.1) is 12.7 Å². The molecule has 3 aromatic rings. The van der Waals surface area contributed by atoms with Crippen LogP contribution in [0.5, 0.6) is 0 Å². The highest BCUT2D eigenvalue weighted by atomic mass is 32.2. The fourth-order valence-corrected chi connectivity index (χ4v) is 3.75. The van der Waals surface area contributed by atoms with Crippen LogP contribution < -0.4 is 10.9 Å². The van der Waals surface area contributed by atoms with Gasteiger partial charge < -0.3 is 5.32 Å². The monoisotopic (exact) mass is 413 g/mol. The van der Waals surface area contributed by atoms with Gasteiger partial charge in [-0.05, 0) is 42.7 Å². The van der Waals surface area contributed by atoms with Crippen LogP contribution in [-0.4, -0.2) is 21.2 Å². The molecule has 0 aliphatic rings. The summed E-state index contributed by atoms with van der Waals surface area (Å²) in [7, 11) is 0. The summed E-state index contributed by atoms with van der Waals surface area (Å²) >= 11 is 1.24. The summed E-state index contributed by atoms with van der Waals surface area (Å²) in [5.41, 5.74) is 1.82. The Labute approximate surface area is 173 Å². The first-order chi connectivity index (χ1) is 14.0. The minimum absolute atomic E-state index is 0.0814. The van der Waals surface area contributed by atoms with E-state index in [1.54, 1.807) is 35.8 Å². The van der Waals surface area contributed by atoms with Crippen molar-refractivity contribution in [3.05, 3.63) is 69.8 Å². The smallest absolute Gasteiger partial charge is 0.262 e. The average molecular weight is 414 g/mol. The maximum atomic E-state index is 13.6. The number of fused-ring (bicyclic) bond motifs is 1. The molecule has 29 heavy (non-hydrogen) atoms. The molecule has 0 radical (unpaired) electrons. The molecule has 0 unspecified atom stereocenters. The van der Waals surface area contributed by atoms with Crippen LogP contribution in [0.4, 0.5) is 4.39 Å². The Morgan fingerprint density at radius 2 is 2.03 bits per heavy atom. The van der Waals surface area contributed by atoms with Gasteiger partial charge in [-0.2, -0.15) is 0 Å². The summed E-state index contributed by atoms with van der Waals surface area (Å²) < 4.78 is 15.3. The Morgan fingerprint density at radius 1 is 1.24 bits per heavy atom. The van der Waals surface area contributed by atoms with Crippen molar-refractivity contribution >= 4 is 28.6 Å². The summed E-state index contributed by atoms with van der Waals surface area (Å²) in [4.78, 5) is 29.7. The van der Waals surface area contributed by atoms with Gasteiger partial charge in [-0.25, -0.2) is 9.37 Å². The zero-order valence-electron chi connectivity index (χ0n) is 16.6. The number of halogens is 1. The Morgan fingerprint density at radius 3 is 2.79 bits per heavy atom. The van der Waals surface area contributed by atoms with E-state index in [1.807, 2.05) is 12.1 Å². The van der Waals surface area contributed by atoms with E-state index >= 15 is 0 Å². The van der Waals surface area contributed by atoms with Gasteiger partial charge in [0.05, 0.1) is 16.7 Å². The zero-order chi connectivity index (χ0) is 20.8. The molecule has 1 amide bonds. The number of hydrogen-bond acceptors (Lipinski definition) is 4. The van der Waals surface area contributed by atoms with Crippen LogP contribution in [0.25, 0.3) is 10.9 Å². The fraction of sp³-hybridized carbons (Fsp3) is 0.318. The summed E-state index contributed by atoms with van der Waals surface area (Å²) in [5, 5.41) is 3.91. The molecule has 0 saturated carbocycles. The predicted molar refractivity (Wildman–Crippen MR) is 115 cm³/mol. The predicted octanol–water partition coefficient (Wildman–Crippen LogP) is 4.05. The summed E-state index contributed by atoms with van der Waals surface area (Å²) in [6.07, 6.45) is 1.82. The van der Waals surface area contributed by atoms with Gasteiger partial charge in [0.2, 0.25) is 5.91 Å². The van der Waals surface area contributed by atoms with Crippen molar-refractivity contribution in [3.8, 4) is 0 Å². The van der Waals surface area contributed by atoms with E-state index in [-0.39, 0.29) is 29.6 Å². The SMILES string of the molecule is CCCCn1c(SCC(=O)NCc2ccc(C)c(F)c2)nc2ccccc2c1=O. The molecule has 1 heterocycles. The Kier molecular flexibility index (Phi) is 7.04. The topological polar surface area (TPSA) is 64.0 Å². The van der Waals surface area contributed by atoms with E-state index < -0.39 is 0 Å². The molecule has 0 atom stereocenters. The molecule has 2 aromatic carbocycles. The average Bonchev–Trinajstić information content (AvgIpc) is 2.72. The molecule has 152 valence electrons. The second-order valence-corrected chi connectivity index (χ2v) is 7.81. The lowest BCUT2D eigenvalue weighted by molar-refractivity contribution is -0.118. The van der Waals surface area contributed by atoms with Gasteiger partial charge >= 0.3 is 0 Å². The van der Waals surface area contributed by atoms with Crippen LogP contribution in [0.15, 0.2) is 52.4 Å². The number of aromatic nitrogens is 2. The number of aryl methyl sites for hydroxylation is 1. The summed E-state index contributed by atoms with van der Waals surface area (Å²) in [6, 6.07) is 12.1. The number of amides is 1. The molecule has 1 N–H and O–H groups in total. The highest BCUT2D eigenvalue weighted by molar-refractivity contribution is 7.99. The molecular formula is C22H24FN3O2S. The molecule has 5 nitrogen and oxygen atoms in total. The van der Waals surface area contributed by atoms with Gasteiger partial charge in [0, 0.05) is 13.1 Å². The van der Waals surface area contributed by atoms with Gasteiger partial charge in [-0.1, -0.05) is 49.4 Å². The second kappa shape index (κ2) is 9.69. The van der Waals surface area contributed by atoms with Crippen molar-refractivity contribution in [2.24, 2.45) is 0 Å². The van der Waals surface area contributed by atoms with Crippen LogP contribution in [-0.2, 0) is 17.9 Å². The molecule has 0 saturated heterocycles. The lowest BCUT2D eigenvalue weighted by atomic mass is 10.1. The first-order valence-electron chi connectivity index (χ1n) is 9.63. The maximum absolute atomic E-state index is 13.6. The van der Waals surface area contributed by atoms with E-state index in [0.717, 1.165) is 12.8 Å². The minimum Gasteiger partial charge on any atom is -0.351 e. The summed E-state index contributed by atoms with van der Waals surface area (Å²) in [5.74, 6) is -0.350. The summed E-state index contributed by atoms with van der Waals surface area (Å²) in [6.45, 7) is 4.58. The molecular weight excluding hydrogens is 389 g/mol. The number of benzene rings is 2. The molecule has 7 heteroatoms. The molecule has 0 bridgehead atoms. The van der Waals surface area contributed by atoms with Crippen molar-refractivity contribution in [1.82, 2.24) is 14.9 Å². The number of thioether (sulfide) groups is 1. The Bertz CT molecular complexity index is 1080. The highest BCUT2D eigenvalue weighted by Gasteiger charge is 2.13. The van der Waals surface area contributed by atoms with Gasteiger partial charge in [0.1, 0.15) is 5.82 Å². The zero-order valence-corrected chi connectivity index (χ0v) is 17.4.